The molecule has 0 aliphatic carbocycles. The van der Waals surface area contributed by atoms with Gasteiger partial charge in [-0.05, 0) is 35.9 Å². The highest BCUT2D eigenvalue weighted by Crippen LogP contribution is 2.38. The average Bonchev–Trinajstić information content (AvgIpc) is 2.81. The molecule has 0 bridgehead atoms. The Kier molecular flexibility index (Phi) is 7.89. The van der Waals surface area contributed by atoms with Crippen LogP contribution in [0.5, 0.6) is 17.2 Å². The van der Waals surface area contributed by atoms with Crippen molar-refractivity contribution in [3.63, 3.8) is 0 Å². The first-order chi connectivity index (χ1) is 15.0. The first-order valence-corrected chi connectivity index (χ1v) is 10.3. The van der Waals surface area contributed by atoms with E-state index in [1.165, 1.54) is 6.07 Å². The summed E-state index contributed by atoms with van der Waals surface area (Å²) in [7, 11) is 4.67. The molecule has 3 rings (SSSR count). The lowest BCUT2D eigenvalue weighted by Gasteiger charge is -2.36. The minimum Gasteiger partial charge on any atom is -0.493 e. The predicted molar refractivity (Wildman–Crippen MR) is 120 cm³/mol. The SMILES string of the molecule is COc1cc(/C=C/C(=O)CCN2CCN(c3ccccc3F)CC2)cc(OC)c1OC. The molecule has 0 radical (unpaired) electrons. The van der Waals surface area contributed by atoms with Gasteiger partial charge in [-0.2, -0.15) is 0 Å². The number of nitrogens with zero attached hydrogens (tertiary/aromatic N) is 2. The summed E-state index contributed by atoms with van der Waals surface area (Å²) in [6.07, 6.45) is 3.76. The molecule has 0 spiro atoms. The third kappa shape index (κ3) is 5.76. The topological polar surface area (TPSA) is 51.2 Å². The van der Waals surface area contributed by atoms with Gasteiger partial charge < -0.3 is 19.1 Å². The van der Waals surface area contributed by atoms with Crippen LogP contribution in [0.1, 0.15) is 12.0 Å². The van der Waals surface area contributed by atoms with Gasteiger partial charge in [0.15, 0.2) is 17.3 Å². The number of carbonyl (C=O) groups is 1. The number of halogens is 1. The van der Waals surface area contributed by atoms with Gasteiger partial charge in [0, 0.05) is 39.1 Å². The van der Waals surface area contributed by atoms with Crippen LogP contribution < -0.4 is 19.1 Å². The van der Waals surface area contributed by atoms with E-state index < -0.39 is 0 Å². The van der Waals surface area contributed by atoms with Crippen molar-refractivity contribution in [2.24, 2.45) is 0 Å². The zero-order chi connectivity index (χ0) is 22.2. The molecule has 1 heterocycles. The second-order valence-corrected chi connectivity index (χ2v) is 7.29. The Balaban J connectivity index is 1.51. The Bertz CT molecular complexity index is 899. The van der Waals surface area contributed by atoms with E-state index in [0.29, 0.717) is 35.9 Å². The summed E-state index contributed by atoms with van der Waals surface area (Å²) in [4.78, 5) is 16.7. The van der Waals surface area contributed by atoms with E-state index >= 15 is 0 Å². The lowest BCUT2D eigenvalue weighted by molar-refractivity contribution is -0.114. The van der Waals surface area contributed by atoms with Crippen LogP contribution in [0.15, 0.2) is 42.5 Å². The second kappa shape index (κ2) is 10.8. The molecule has 2 aromatic rings. The number of hydrogen-bond donors (Lipinski definition) is 0. The summed E-state index contributed by atoms with van der Waals surface area (Å²) in [6.45, 7) is 3.78. The molecule has 1 aliphatic rings. The van der Waals surface area contributed by atoms with Gasteiger partial charge in [-0.3, -0.25) is 9.69 Å². The molecule has 0 saturated carbocycles. The van der Waals surface area contributed by atoms with Crippen molar-refractivity contribution < 1.29 is 23.4 Å². The van der Waals surface area contributed by atoms with Crippen molar-refractivity contribution in [1.29, 1.82) is 0 Å². The molecule has 1 fully saturated rings. The monoisotopic (exact) mass is 428 g/mol. The minimum absolute atomic E-state index is 0.0466. The fourth-order valence-corrected chi connectivity index (χ4v) is 3.66. The van der Waals surface area contributed by atoms with Crippen molar-refractivity contribution in [3.05, 3.63) is 53.9 Å². The van der Waals surface area contributed by atoms with Crippen molar-refractivity contribution >= 4 is 17.5 Å². The van der Waals surface area contributed by atoms with Crippen LogP contribution in [0.3, 0.4) is 0 Å². The van der Waals surface area contributed by atoms with Crippen molar-refractivity contribution in [1.82, 2.24) is 4.90 Å². The molecule has 0 atom stereocenters. The van der Waals surface area contributed by atoms with Crippen molar-refractivity contribution in [2.75, 3.05) is 59.0 Å². The number of rotatable bonds is 9. The number of carbonyl (C=O) groups excluding carboxylic acids is 1. The van der Waals surface area contributed by atoms with Gasteiger partial charge in [-0.1, -0.05) is 18.2 Å². The summed E-state index contributed by atoms with van der Waals surface area (Å²) in [5, 5.41) is 0. The molecule has 0 aromatic heterocycles. The Hall–Kier alpha value is -3.06. The molecule has 1 saturated heterocycles. The van der Waals surface area contributed by atoms with Gasteiger partial charge in [0.25, 0.3) is 0 Å². The zero-order valence-electron chi connectivity index (χ0n) is 18.3. The number of ether oxygens (including phenoxy) is 3. The molecule has 2 aromatic carbocycles. The number of anilines is 1. The summed E-state index contributed by atoms with van der Waals surface area (Å²) < 4.78 is 30.0. The molecule has 0 amide bonds. The third-order valence-electron chi connectivity index (χ3n) is 5.39. The number of allylic oxidation sites excluding steroid dienone is 1. The highest BCUT2D eigenvalue weighted by atomic mass is 19.1. The largest absolute Gasteiger partial charge is 0.493 e. The lowest BCUT2D eigenvalue weighted by Crippen LogP contribution is -2.47. The molecule has 31 heavy (non-hydrogen) atoms. The lowest BCUT2D eigenvalue weighted by atomic mass is 10.1. The van der Waals surface area contributed by atoms with Crippen LogP contribution in [0.2, 0.25) is 0 Å². The van der Waals surface area contributed by atoms with E-state index in [-0.39, 0.29) is 11.6 Å². The first-order valence-electron chi connectivity index (χ1n) is 10.3. The summed E-state index contributed by atoms with van der Waals surface area (Å²) in [6, 6.07) is 10.4. The van der Waals surface area contributed by atoms with Crippen molar-refractivity contribution in [2.45, 2.75) is 6.42 Å². The van der Waals surface area contributed by atoms with Crippen LogP contribution >= 0.6 is 0 Å². The third-order valence-corrected chi connectivity index (χ3v) is 5.39. The highest BCUT2D eigenvalue weighted by Gasteiger charge is 2.19. The fraction of sp³-hybridized carbons (Fsp3) is 0.375. The molecule has 0 unspecified atom stereocenters. The quantitative estimate of drug-likeness (QED) is 0.569. The maximum Gasteiger partial charge on any atom is 0.203 e. The number of ketones is 1. The molecule has 0 N–H and O–H groups in total. The second-order valence-electron chi connectivity index (χ2n) is 7.29. The van der Waals surface area contributed by atoms with E-state index in [2.05, 4.69) is 9.80 Å². The normalized spacial score (nSPS) is 14.6. The van der Waals surface area contributed by atoms with Crippen LogP contribution in [0.4, 0.5) is 10.1 Å². The van der Waals surface area contributed by atoms with E-state index in [4.69, 9.17) is 14.2 Å². The Morgan fingerprint density at radius 2 is 1.65 bits per heavy atom. The summed E-state index contributed by atoms with van der Waals surface area (Å²) >= 11 is 0. The summed E-state index contributed by atoms with van der Waals surface area (Å²) in [5.41, 5.74) is 1.44. The van der Waals surface area contributed by atoms with Gasteiger partial charge in [0.1, 0.15) is 5.82 Å². The maximum absolute atomic E-state index is 14.0. The number of benzene rings is 2. The highest BCUT2D eigenvalue weighted by molar-refractivity contribution is 5.93. The van der Waals surface area contributed by atoms with Gasteiger partial charge in [0.05, 0.1) is 27.0 Å². The number of hydrogen-bond acceptors (Lipinski definition) is 6. The van der Waals surface area contributed by atoms with Gasteiger partial charge >= 0.3 is 0 Å². The minimum atomic E-state index is -0.192. The number of methoxy groups -OCH3 is 3. The average molecular weight is 429 g/mol. The molecule has 1 aliphatic heterocycles. The van der Waals surface area contributed by atoms with E-state index in [1.807, 2.05) is 12.1 Å². The molecule has 166 valence electrons. The molecular formula is C24H29FN2O4. The molecule has 7 heteroatoms. The van der Waals surface area contributed by atoms with Gasteiger partial charge in [-0.25, -0.2) is 4.39 Å². The Labute approximate surface area is 182 Å². The smallest absolute Gasteiger partial charge is 0.203 e. The number of para-hydroxylation sites is 1. The zero-order valence-corrected chi connectivity index (χ0v) is 18.3. The van der Waals surface area contributed by atoms with Crippen molar-refractivity contribution in [3.8, 4) is 17.2 Å². The van der Waals surface area contributed by atoms with Crippen LogP contribution in [-0.2, 0) is 4.79 Å². The fourth-order valence-electron chi connectivity index (χ4n) is 3.66. The van der Waals surface area contributed by atoms with Gasteiger partial charge in [-0.15, -0.1) is 0 Å². The van der Waals surface area contributed by atoms with Crippen LogP contribution in [-0.4, -0.2) is 64.7 Å². The van der Waals surface area contributed by atoms with Gasteiger partial charge in [0.2, 0.25) is 5.75 Å². The van der Waals surface area contributed by atoms with E-state index in [1.54, 1.807) is 51.7 Å². The van der Waals surface area contributed by atoms with E-state index in [9.17, 15) is 9.18 Å². The first kappa shape index (κ1) is 22.6. The maximum atomic E-state index is 14.0. The predicted octanol–water partition coefficient (Wildman–Crippen LogP) is 3.65. The molecule has 6 nitrogen and oxygen atoms in total. The number of piperazine rings is 1. The Morgan fingerprint density at radius 3 is 2.23 bits per heavy atom. The van der Waals surface area contributed by atoms with Crippen LogP contribution in [0, 0.1) is 5.82 Å². The Morgan fingerprint density at radius 1 is 1.00 bits per heavy atom. The van der Waals surface area contributed by atoms with E-state index in [0.717, 1.165) is 31.7 Å². The summed E-state index contributed by atoms with van der Waals surface area (Å²) in [5.74, 6) is 1.46. The molecular weight excluding hydrogens is 399 g/mol. The van der Waals surface area contributed by atoms with Crippen LogP contribution in [0.25, 0.3) is 6.08 Å². The standard InChI is InChI=1S/C24H29FN2O4/c1-29-22-16-18(17-23(30-2)24(22)31-3)8-9-19(28)10-11-26-12-14-27(15-13-26)21-7-5-4-6-20(21)25/h4-9,16-17H,10-15H2,1-3H3/b9-8+.